The first-order chi connectivity index (χ1) is 11.3. The van der Waals surface area contributed by atoms with Crippen LogP contribution in [0.4, 0.5) is 4.79 Å². The van der Waals surface area contributed by atoms with Crippen LogP contribution in [-0.4, -0.2) is 30.6 Å². The van der Waals surface area contributed by atoms with Crippen molar-refractivity contribution >= 4 is 17.4 Å². The van der Waals surface area contributed by atoms with Crippen molar-refractivity contribution in [3.8, 4) is 0 Å². The second-order valence-corrected chi connectivity index (χ2v) is 6.64. The fourth-order valence-corrected chi connectivity index (χ4v) is 3.71. The van der Waals surface area contributed by atoms with Crippen molar-refractivity contribution in [2.75, 3.05) is 19.6 Å². The van der Waals surface area contributed by atoms with Crippen LogP contribution in [0, 0.1) is 0 Å². The van der Waals surface area contributed by atoms with Gasteiger partial charge in [-0.3, -0.25) is 4.90 Å². The number of nitrogens with one attached hydrogen (secondary N) is 2. The van der Waals surface area contributed by atoms with Crippen molar-refractivity contribution in [1.82, 2.24) is 15.5 Å². The van der Waals surface area contributed by atoms with Gasteiger partial charge in [-0.2, -0.15) is 11.3 Å². The van der Waals surface area contributed by atoms with Crippen LogP contribution in [0.5, 0.6) is 0 Å². The zero-order chi connectivity index (χ0) is 15.9. The molecule has 2 aromatic rings. The Balaban J connectivity index is 1.51. The highest BCUT2D eigenvalue weighted by molar-refractivity contribution is 7.07. The lowest BCUT2D eigenvalue weighted by Gasteiger charge is -2.27. The highest BCUT2D eigenvalue weighted by Gasteiger charge is 2.24. The lowest BCUT2D eigenvalue weighted by atomic mass is 10.1. The first-order valence-electron chi connectivity index (χ1n) is 8.15. The van der Waals surface area contributed by atoms with Gasteiger partial charge in [-0.15, -0.1) is 0 Å². The average Bonchev–Trinajstić information content (AvgIpc) is 3.28. The maximum atomic E-state index is 12.1. The minimum absolute atomic E-state index is 0.103. The van der Waals surface area contributed by atoms with Gasteiger partial charge in [0.1, 0.15) is 0 Å². The van der Waals surface area contributed by atoms with Crippen LogP contribution in [0.25, 0.3) is 0 Å². The van der Waals surface area contributed by atoms with Gasteiger partial charge in [0.2, 0.25) is 0 Å². The van der Waals surface area contributed by atoms with Crippen molar-refractivity contribution in [1.29, 1.82) is 0 Å². The standard InChI is InChI=1S/C18H23N3OS/c22-18(19-12-15-6-2-1-3-7-15)20-13-17(16-8-11-23-14-16)21-9-4-5-10-21/h1-3,6-8,11,14,17H,4-5,9-10,12-13H2,(H2,19,20,22)/t17-/m1/s1. The van der Waals surface area contributed by atoms with E-state index < -0.39 is 0 Å². The summed E-state index contributed by atoms with van der Waals surface area (Å²) in [5.41, 5.74) is 2.41. The minimum atomic E-state index is -0.103. The van der Waals surface area contributed by atoms with E-state index in [1.54, 1.807) is 11.3 Å². The number of rotatable bonds is 6. The summed E-state index contributed by atoms with van der Waals surface area (Å²) in [4.78, 5) is 14.5. The highest BCUT2D eigenvalue weighted by atomic mass is 32.1. The number of benzene rings is 1. The summed E-state index contributed by atoms with van der Waals surface area (Å²) >= 11 is 1.71. The summed E-state index contributed by atoms with van der Waals surface area (Å²) in [5, 5.41) is 10.2. The Morgan fingerprint density at radius 3 is 2.61 bits per heavy atom. The fourth-order valence-electron chi connectivity index (χ4n) is 3.01. The molecular formula is C18H23N3OS. The molecule has 1 saturated heterocycles. The summed E-state index contributed by atoms with van der Waals surface area (Å²) in [6, 6.07) is 12.3. The van der Waals surface area contributed by atoms with Crippen LogP contribution in [0.1, 0.15) is 30.0 Å². The predicted octanol–water partition coefficient (Wildman–Crippen LogP) is 3.38. The molecule has 3 rings (SSSR count). The molecular weight excluding hydrogens is 306 g/mol. The third-order valence-electron chi connectivity index (χ3n) is 4.26. The van der Waals surface area contributed by atoms with Crippen molar-refractivity contribution in [3.05, 3.63) is 58.3 Å². The number of likely N-dealkylation sites (tertiary alicyclic amines) is 1. The predicted molar refractivity (Wildman–Crippen MR) is 94.5 cm³/mol. The van der Waals surface area contributed by atoms with Gasteiger partial charge in [0.05, 0.1) is 6.04 Å². The molecule has 0 bridgehead atoms. The molecule has 4 nitrogen and oxygen atoms in total. The molecule has 1 aromatic heterocycles. The van der Waals surface area contributed by atoms with Crippen LogP contribution in [0.3, 0.4) is 0 Å². The van der Waals surface area contributed by atoms with Gasteiger partial charge >= 0.3 is 6.03 Å². The number of hydrogen-bond acceptors (Lipinski definition) is 3. The van der Waals surface area contributed by atoms with E-state index in [4.69, 9.17) is 0 Å². The van der Waals surface area contributed by atoms with E-state index in [1.165, 1.54) is 18.4 Å². The molecule has 0 radical (unpaired) electrons. The number of carbonyl (C=O) groups excluding carboxylic acids is 1. The Morgan fingerprint density at radius 1 is 1.13 bits per heavy atom. The molecule has 1 fully saturated rings. The Bertz CT molecular complexity index is 594. The maximum absolute atomic E-state index is 12.1. The molecule has 1 aliphatic rings. The Kier molecular flexibility index (Phi) is 5.66. The summed E-state index contributed by atoms with van der Waals surface area (Å²) in [7, 11) is 0. The monoisotopic (exact) mass is 329 g/mol. The molecule has 1 aliphatic heterocycles. The second kappa shape index (κ2) is 8.13. The zero-order valence-corrected chi connectivity index (χ0v) is 14.0. The van der Waals surface area contributed by atoms with Gasteiger partial charge in [0.15, 0.2) is 0 Å². The number of thiophene rings is 1. The quantitative estimate of drug-likeness (QED) is 0.853. The molecule has 5 heteroatoms. The minimum Gasteiger partial charge on any atom is -0.336 e. The van der Waals surface area contributed by atoms with E-state index in [1.807, 2.05) is 30.3 Å². The van der Waals surface area contributed by atoms with Gasteiger partial charge in [-0.05, 0) is 53.9 Å². The molecule has 2 N–H and O–H groups in total. The van der Waals surface area contributed by atoms with Crippen LogP contribution in [0.2, 0.25) is 0 Å². The molecule has 0 spiro atoms. The Morgan fingerprint density at radius 2 is 1.91 bits per heavy atom. The molecule has 0 saturated carbocycles. The SMILES string of the molecule is O=C(NCc1ccccc1)NC[C@H](c1ccsc1)N1CCCC1. The first-order valence-corrected chi connectivity index (χ1v) is 9.09. The third-order valence-corrected chi connectivity index (χ3v) is 4.96. The maximum Gasteiger partial charge on any atom is 0.315 e. The van der Waals surface area contributed by atoms with Gasteiger partial charge in [0, 0.05) is 13.1 Å². The number of amides is 2. The van der Waals surface area contributed by atoms with Crippen molar-refractivity contribution in [2.45, 2.75) is 25.4 Å². The third kappa shape index (κ3) is 4.56. The van der Waals surface area contributed by atoms with E-state index in [0.29, 0.717) is 13.1 Å². The van der Waals surface area contributed by atoms with Crippen LogP contribution in [0.15, 0.2) is 47.2 Å². The average molecular weight is 329 g/mol. The van der Waals surface area contributed by atoms with Gasteiger partial charge in [-0.1, -0.05) is 30.3 Å². The van der Waals surface area contributed by atoms with E-state index in [0.717, 1.165) is 18.7 Å². The van der Waals surface area contributed by atoms with Gasteiger partial charge < -0.3 is 10.6 Å². The summed E-state index contributed by atoms with van der Waals surface area (Å²) in [5.74, 6) is 0. The van der Waals surface area contributed by atoms with Crippen LogP contribution in [-0.2, 0) is 6.54 Å². The summed E-state index contributed by atoms with van der Waals surface area (Å²) in [6.45, 7) is 3.44. The molecule has 0 unspecified atom stereocenters. The van der Waals surface area contributed by atoms with Crippen LogP contribution >= 0.6 is 11.3 Å². The van der Waals surface area contributed by atoms with Crippen molar-refractivity contribution < 1.29 is 4.79 Å². The topological polar surface area (TPSA) is 44.4 Å². The number of carbonyl (C=O) groups is 1. The number of urea groups is 1. The Hall–Kier alpha value is -1.85. The fraction of sp³-hybridized carbons (Fsp3) is 0.389. The lowest BCUT2D eigenvalue weighted by molar-refractivity contribution is 0.221. The van der Waals surface area contributed by atoms with Gasteiger partial charge in [0.25, 0.3) is 0 Å². The molecule has 2 heterocycles. The number of hydrogen-bond donors (Lipinski definition) is 2. The summed E-state index contributed by atoms with van der Waals surface area (Å²) in [6.07, 6.45) is 2.50. The van der Waals surface area contributed by atoms with E-state index in [-0.39, 0.29) is 12.1 Å². The normalized spacial score (nSPS) is 16.2. The van der Waals surface area contributed by atoms with E-state index in [9.17, 15) is 4.79 Å². The second-order valence-electron chi connectivity index (χ2n) is 5.86. The smallest absolute Gasteiger partial charge is 0.315 e. The number of nitrogens with zero attached hydrogens (tertiary/aromatic N) is 1. The zero-order valence-electron chi connectivity index (χ0n) is 13.2. The molecule has 0 aliphatic carbocycles. The largest absolute Gasteiger partial charge is 0.336 e. The molecule has 1 aromatic carbocycles. The molecule has 1 atom stereocenters. The molecule has 23 heavy (non-hydrogen) atoms. The van der Waals surface area contributed by atoms with Crippen LogP contribution < -0.4 is 10.6 Å². The molecule has 122 valence electrons. The van der Waals surface area contributed by atoms with Crippen molar-refractivity contribution in [2.24, 2.45) is 0 Å². The van der Waals surface area contributed by atoms with Crippen molar-refractivity contribution in [3.63, 3.8) is 0 Å². The molecule has 2 amide bonds. The lowest BCUT2D eigenvalue weighted by Crippen LogP contribution is -2.41. The Labute approximate surface area is 141 Å². The highest BCUT2D eigenvalue weighted by Crippen LogP contribution is 2.26. The summed E-state index contributed by atoms with van der Waals surface area (Å²) < 4.78 is 0. The van der Waals surface area contributed by atoms with Gasteiger partial charge in [-0.25, -0.2) is 4.79 Å². The first kappa shape index (κ1) is 16.0. The van der Waals surface area contributed by atoms with E-state index >= 15 is 0 Å². The van der Waals surface area contributed by atoms with E-state index in [2.05, 4.69) is 32.4 Å².